The van der Waals surface area contributed by atoms with Gasteiger partial charge in [0, 0.05) is 74.0 Å². The summed E-state index contributed by atoms with van der Waals surface area (Å²) in [5.41, 5.74) is 1.56. The topological polar surface area (TPSA) is 74.2 Å². The lowest BCUT2D eigenvalue weighted by molar-refractivity contribution is 0.0927. The van der Waals surface area contributed by atoms with Crippen LogP contribution in [-0.2, 0) is 0 Å². The van der Waals surface area contributed by atoms with Crippen LogP contribution >= 0.6 is 11.3 Å². The number of hydrogen-bond donors (Lipinski definition) is 1. The van der Waals surface area contributed by atoms with Gasteiger partial charge in [0.2, 0.25) is 5.95 Å². The standard InChI is InChI=1S/C21H24N6OS/c1-16(15-26-7-9-27(10-8-26)21-23-5-3-6-24-21)25-20(28)18-12-17(13-22-14-18)19-4-2-11-29-19/h2-6,11-14,16H,7-10,15H2,1H3,(H,25,28). The van der Waals surface area contributed by atoms with Crippen LogP contribution in [0.15, 0.2) is 54.4 Å². The number of nitrogens with zero attached hydrogens (tertiary/aromatic N) is 5. The number of nitrogens with one attached hydrogen (secondary N) is 1. The molecule has 8 heteroatoms. The fourth-order valence-corrected chi connectivity index (χ4v) is 4.18. The van der Waals surface area contributed by atoms with E-state index >= 15 is 0 Å². The quantitative estimate of drug-likeness (QED) is 0.676. The van der Waals surface area contributed by atoms with Gasteiger partial charge in [-0.15, -0.1) is 11.3 Å². The Bertz CT molecular complexity index is 925. The fourth-order valence-electron chi connectivity index (χ4n) is 3.47. The summed E-state index contributed by atoms with van der Waals surface area (Å²) in [5, 5.41) is 5.13. The van der Waals surface area contributed by atoms with Crippen LogP contribution in [0.4, 0.5) is 5.95 Å². The van der Waals surface area contributed by atoms with Crippen molar-refractivity contribution in [3.05, 3.63) is 60.0 Å². The molecule has 4 rings (SSSR count). The van der Waals surface area contributed by atoms with E-state index in [9.17, 15) is 4.79 Å². The van der Waals surface area contributed by atoms with Gasteiger partial charge in [0.25, 0.3) is 5.91 Å². The Labute approximate surface area is 174 Å². The lowest BCUT2D eigenvalue weighted by atomic mass is 10.1. The molecule has 0 aromatic carbocycles. The Kier molecular flexibility index (Phi) is 6.12. The van der Waals surface area contributed by atoms with Crippen LogP contribution in [0.2, 0.25) is 0 Å². The lowest BCUT2D eigenvalue weighted by Gasteiger charge is -2.35. The number of amides is 1. The van der Waals surface area contributed by atoms with E-state index in [0.717, 1.165) is 49.1 Å². The van der Waals surface area contributed by atoms with Gasteiger partial charge in [-0.3, -0.25) is 14.7 Å². The predicted octanol–water partition coefficient (Wildman–Crippen LogP) is 2.54. The van der Waals surface area contributed by atoms with E-state index in [0.29, 0.717) is 5.56 Å². The summed E-state index contributed by atoms with van der Waals surface area (Å²) in [6, 6.07) is 7.81. The number of thiophene rings is 1. The maximum absolute atomic E-state index is 12.7. The fraction of sp³-hybridized carbons (Fsp3) is 0.333. The highest BCUT2D eigenvalue weighted by atomic mass is 32.1. The second-order valence-electron chi connectivity index (χ2n) is 7.15. The average Bonchev–Trinajstić information content (AvgIpc) is 3.30. The normalized spacial score (nSPS) is 15.8. The van der Waals surface area contributed by atoms with Crippen molar-refractivity contribution in [2.75, 3.05) is 37.6 Å². The number of hydrogen-bond acceptors (Lipinski definition) is 7. The molecule has 1 fully saturated rings. The van der Waals surface area contributed by atoms with E-state index < -0.39 is 0 Å². The van der Waals surface area contributed by atoms with Crippen LogP contribution in [-0.4, -0.2) is 64.5 Å². The summed E-state index contributed by atoms with van der Waals surface area (Å²) in [6.45, 7) is 6.48. The summed E-state index contributed by atoms with van der Waals surface area (Å²) >= 11 is 1.64. The summed E-state index contributed by atoms with van der Waals surface area (Å²) in [5.74, 6) is 0.700. The number of anilines is 1. The largest absolute Gasteiger partial charge is 0.348 e. The molecule has 1 atom stereocenters. The molecule has 3 aromatic rings. The van der Waals surface area contributed by atoms with Gasteiger partial charge in [-0.2, -0.15) is 0 Å². The van der Waals surface area contributed by atoms with Crippen molar-refractivity contribution in [3.63, 3.8) is 0 Å². The third-order valence-electron chi connectivity index (χ3n) is 4.92. The first-order valence-corrected chi connectivity index (χ1v) is 10.6. The zero-order valence-corrected chi connectivity index (χ0v) is 17.2. The molecule has 0 bridgehead atoms. The highest BCUT2D eigenvalue weighted by molar-refractivity contribution is 7.13. The van der Waals surface area contributed by atoms with Crippen LogP contribution in [0.1, 0.15) is 17.3 Å². The van der Waals surface area contributed by atoms with Crippen LogP contribution in [0.3, 0.4) is 0 Å². The molecule has 29 heavy (non-hydrogen) atoms. The van der Waals surface area contributed by atoms with Gasteiger partial charge in [0.1, 0.15) is 0 Å². The number of pyridine rings is 1. The van der Waals surface area contributed by atoms with Crippen LogP contribution in [0.25, 0.3) is 10.4 Å². The molecule has 4 heterocycles. The van der Waals surface area contributed by atoms with E-state index in [1.807, 2.05) is 36.6 Å². The van der Waals surface area contributed by atoms with Gasteiger partial charge < -0.3 is 10.2 Å². The number of carbonyl (C=O) groups is 1. The summed E-state index contributed by atoms with van der Waals surface area (Å²) in [4.78, 5) is 31.2. The molecule has 150 valence electrons. The minimum atomic E-state index is -0.0836. The van der Waals surface area contributed by atoms with Crippen molar-refractivity contribution in [2.24, 2.45) is 0 Å². The molecule has 7 nitrogen and oxygen atoms in total. The molecule has 0 aliphatic carbocycles. The molecule has 1 aliphatic rings. The molecule has 3 aromatic heterocycles. The molecule has 1 saturated heterocycles. The molecule has 1 N–H and O–H groups in total. The lowest BCUT2D eigenvalue weighted by Crippen LogP contribution is -2.51. The van der Waals surface area contributed by atoms with E-state index in [2.05, 4.69) is 30.1 Å². The zero-order valence-electron chi connectivity index (χ0n) is 16.4. The highest BCUT2D eigenvalue weighted by Gasteiger charge is 2.21. The minimum absolute atomic E-state index is 0.0485. The van der Waals surface area contributed by atoms with E-state index in [-0.39, 0.29) is 11.9 Å². The minimum Gasteiger partial charge on any atom is -0.348 e. The molecule has 1 aliphatic heterocycles. The number of piperazine rings is 1. The van der Waals surface area contributed by atoms with Crippen LogP contribution in [0.5, 0.6) is 0 Å². The molecular formula is C21H24N6OS. The summed E-state index contributed by atoms with van der Waals surface area (Å²) in [7, 11) is 0. The van der Waals surface area contributed by atoms with Crippen molar-refractivity contribution < 1.29 is 4.79 Å². The first kappa shape index (κ1) is 19.5. The van der Waals surface area contributed by atoms with Crippen LogP contribution in [0, 0.1) is 0 Å². The zero-order chi connectivity index (χ0) is 20.1. The molecule has 1 unspecified atom stereocenters. The van der Waals surface area contributed by atoms with Crippen molar-refractivity contribution in [2.45, 2.75) is 13.0 Å². The van der Waals surface area contributed by atoms with Crippen molar-refractivity contribution in [1.82, 2.24) is 25.2 Å². The van der Waals surface area contributed by atoms with Gasteiger partial charge in [-0.1, -0.05) is 6.07 Å². The number of carbonyl (C=O) groups excluding carboxylic acids is 1. The number of aromatic nitrogens is 3. The molecule has 0 saturated carbocycles. The van der Waals surface area contributed by atoms with Gasteiger partial charge in [0.15, 0.2) is 0 Å². The first-order valence-electron chi connectivity index (χ1n) is 9.73. The van der Waals surface area contributed by atoms with Crippen molar-refractivity contribution >= 4 is 23.2 Å². The molecule has 0 radical (unpaired) electrons. The molecular weight excluding hydrogens is 384 g/mol. The van der Waals surface area contributed by atoms with Crippen molar-refractivity contribution in [3.8, 4) is 10.4 Å². The Balaban J connectivity index is 1.28. The van der Waals surface area contributed by atoms with E-state index in [1.54, 1.807) is 36.1 Å². The van der Waals surface area contributed by atoms with Gasteiger partial charge in [-0.25, -0.2) is 9.97 Å². The Morgan fingerprint density at radius 3 is 2.69 bits per heavy atom. The maximum atomic E-state index is 12.7. The van der Waals surface area contributed by atoms with E-state index in [1.165, 1.54) is 0 Å². The number of rotatable bonds is 6. The second kappa shape index (κ2) is 9.11. The van der Waals surface area contributed by atoms with E-state index in [4.69, 9.17) is 0 Å². The Morgan fingerprint density at radius 2 is 1.97 bits per heavy atom. The van der Waals surface area contributed by atoms with Gasteiger partial charge >= 0.3 is 0 Å². The SMILES string of the molecule is CC(CN1CCN(c2ncccn2)CC1)NC(=O)c1cncc(-c2cccs2)c1. The second-order valence-corrected chi connectivity index (χ2v) is 8.10. The average molecular weight is 409 g/mol. The summed E-state index contributed by atoms with van der Waals surface area (Å²) < 4.78 is 0. The Hall–Kier alpha value is -2.84. The summed E-state index contributed by atoms with van der Waals surface area (Å²) in [6.07, 6.45) is 6.96. The Morgan fingerprint density at radius 1 is 1.17 bits per heavy atom. The third-order valence-corrected chi connectivity index (χ3v) is 5.84. The maximum Gasteiger partial charge on any atom is 0.253 e. The van der Waals surface area contributed by atoms with Gasteiger partial charge in [0.05, 0.1) is 5.56 Å². The van der Waals surface area contributed by atoms with Crippen LogP contribution < -0.4 is 10.2 Å². The van der Waals surface area contributed by atoms with Gasteiger partial charge in [-0.05, 0) is 30.5 Å². The highest BCUT2D eigenvalue weighted by Crippen LogP contribution is 2.24. The molecule has 0 spiro atoms. The first-order chi connectivity index (χ1) is 14.2. The van der Waals surface area contributed by atoms with Crippen molar-refractivity contribution in [1.29, 1.82) is 0 Å². The smallest absolute Gasteiger partial charge is 0.253 e. The molecule has 1 amide bonds. The monoisotopic (exact) mass is 408 g/mol. The predicted molar refractivity (Wildman–Crippen MR) is 115 cm³/mol. The third kappa shape index (κ3) is 4.96.